The van der Waals surface area contributed by atoms with Crippen LogP contribution in [0.25, 0.3) is 0 Å². The van der Waals surface area contributed by atoms with Gasteiger partial charge in [0.15, 0.2) is 5.78 Å². The lowest BCUT2D eigenvalue weighted by Crippen LogP contribution is -2.30. The molecule has 0 spiro atoms. The highest BCUT2D eigenvalue weighted by atomic mass is 16.1. The summed E-state index contributed by atoms with van der Waals surface area (Å²) in [7, 11) is 2.19. The predicted molar refractivity (Wildman–Crippen MR) is 74.9 cm³/mol. The first-order chi connectivity index (χ1) is 8.69. The summed E-state index contributed by atoms with van der Waals surface area (Å²) in [4.78, 5) is 13.8. The quantitative estimate of drug-likeness (QED) is 0.598. The Labute approximate surface area is 109 Å². The average molecular weight is 243 g/mol. The number of benzene rings is 1. The normalized spacial score (nSPS) is 17.6. The van der Waals surface area contributed by atoms with E-state index in [-0.39, 0.29) is 5.78 Å². The molecule has 1 aromatic rings. The molecule has 0 unspecified atom stereocenters. The predicted octanol–water partition coefficient (Wildman–Crippen LogP) is 2.94. The van der Waals surface area contributed by atoms with Gasteiger partial charge in [-0.2, -0.15) is 0 Å². The number of hydrogen-bond donors (Lipinski definition) is 0. The number of ketones is 1. The molecule has 0 radical (unpaired) electrons. The van der Waals surface area contributed by atoms with E-state index in [9.17, 15) is 4.79 Å². The molecule has 0 aliphatic carbocycles. The van der Waals surface area contributed by atoms with Crippen molar-refractivity contribution in [2.45, 2.75) is 19.3 Å². The van der Waals surface area contributed by atoms with Gasteiger partial charge in [-0.1, -0.05) is 30.8 Å². The van der Waals surface area contributed by atoms with E-state index in [2.05, 4.69) is 30.7 Å². The molecule has 1 aliphatic heterocycles. The smallest absolute Gasteiger partial charge is 0.185 e. The third-order valence-electron chi connectivity index (χ3n) is 3.79. The summed E-state index contributed by atoms with van der Waals surface area (Å²) in [6.45, 7) is 5.92. The van der Waals surface area contributed by atoms with Crippen molar-refractivity contribution < 1.29 is 4.79 Å². The molecule has 0 aromatic heterocycles. The van der Waals surface area contributed by atoms with Crippen LogP contribution in [0.1, 0.15) is 28.8 Å². The molecule has 0 amide bonds. The summed E-state index contributed by atoms with van der Waals surface area (Å²) in [5, 5.41) is 0. The van der Waals surface area contributed by atoms with Crippen LogP contribution < -0.4 is 0 Å². The van der Waals surface area contributed by atoms with Crippen molar-refractivity contribution in [3.63, 3.8) is 0 Å². The Morgan fingerprint density at radius 2 is 1.94 bits per heavy atom. The number of allylic oxidation sites excluding steroid dienone is 1. The average Bonchev–Trinajstić information content (AvgIpc) is 2.41. The van der Waals surface area contributed by atoms with Gasteiger partial charge < -0.3 is 4.90 Å². The van der Waals surface area contributed by atoms with Gasteiger partial charge in [-0.05, 0) is 57.0 Å². The monoisotopic (exact) mass is 243 g/mol. The molecular weight excluding hydrogens is 222 g/mol. The molecule has 2 heteroatoms. The fourth-order valence-corrected chi connectivity index (χ4v) is 2.52. The Bertz CT molecular complexity index is 413. The van der Waals surface area contributed by atoms with E-state index in [1.54, 1.807) is 0 Å². The summed E-state index contributed by atoms with van der Waals surface area (Å²) < 4.78 is 0. The summed E-state index contributed by atoms with van der Waals surface area (Å²) in [5.41, 5.74) is 2.07. The first kappa shape index (κ1) is 13.0. The van der Waals surface area contributed by atoms with Crippen molar-refractivity contribution in [2.75, 3.05) is 20.1 Å². The molecule has 1 saturated heterocycles. The highest BCUT2D eigenvalue weighted by Gasteiger charge is 2.16. The molecule has 18 heavy (non-hydrogen) atoms. The van der Waals surface area contributed by atoms with Gasteiger partial charge in [0.2, 0.25) is 0 Å². The maximum atomic E-state index is 11.4. The van der Waals surface area contributed by atoms with E-state index in [1.165, 1.54) is 37.6 Å². The van der Waals surface area contributed by atoms with Crippen LogP contribution in [0.2, 0.25) is 0 Å². The molecule has 96 valence electrons. The van der Waals surface area contributed by atoms with E-state index in [4.69, 9.17) is 0 Å². The van der Waals surface area contributed by atoms with Crippen molar-refractivity contribution in [3.05, 3.63) is 48.0 Å². The van der Waals surface area contributed by atoms with Crippen LogP contribution in [-0.2, 0) is 6.42 Å². The lowest BCUT2D eigenvalue weighted by Gasteiger charge is -2.28. The van der Waals surface area contributed by atoms with Crippen molar-refractivity contribution in [3.8, 4) is 0 Å². The van der Waals surface area contributed by atoms with Crippen LogP contribution in [0.15, 0.2) is 36.9 Å². The lowest BCUT2D eigenvalue weighted by molar-refractivity contribution is 0.104. The molecular formula is C16H21NO. The van der Waals surface area contributed by atoms with Gasteiger partial charge in [-0.15, -0.1) is 0 Å². The Morgan fingerprint density at radius 1 is 1.33 bits per heavy atom. The number of nitrogens with zero attached hydrogens (tertiary/aromatic N) is 1. The van der Waals surface area contributed by atoms with Crippen LogP contribution in [0, 0.1) is 5.92 Å². The van der Waals surface area contributed by atoms with Gasteiger partial charge >= 0.3 is 0 Å². The van der Waals surface area contributed by atoms with E-state index >= 15 is 0 Å². The lowest BCUT2D eigenvalue weighted by atomic mass is 9.90. The van der Waals surface area contributed by atoms with Crippen LogP contribution in [0.4, 0.5) is 0 Å². The summed E-state index contributed by atoms with van der Waals surface area (Å²) in [6.07, 6.45) is 5.07. The second kappa shape index (κ2) is 5.96. The van der Waals surface area contributed by atoms with E-state index in [0.29, 0.717) is 0 Å². The zero-order chi connectivity index (χ0) is 13.0. The van der Waals surface area contributed by atoms with Gasteiger partial charge in [-0.25, -0.2) is 0 Å². The van der Waals surface area contributed by atoms with Crippen molar-refractivity contribution >= 4 is 5.78 Å². The van der Waals surface area contributed by atoms with Crippen molar-refractivity contribution in [1.82, 2.24) is 4.90 Å². The third kappa shape index (κ3) is 3.30. The topological polar surface area (TPSA) is 20.3 Å². The fraction of sp³-hybridized carbons (Fsp3) is 0.438. The largest absolute Gasteiger partial charge is 0.306 e. The molecule has 0 bridgehead atoms. The fourth-order valence-electron chi connectivity index (χ4n) is 2.52. The number of piperidine rings is 1. The molecule has 1 aliphatic rings. The first-order valence-corrected chi connectivity index (χ1v) is 6.63. The minimum absolute atomic E-state index is 0.000779. The molecule has 1 aromatic carbocycles. The highest BCUT2D eigenvalue weighted by molar-refractivity contribution is 6.04. The summed E-state index contributed by atoms with van der Waals surface area (Å²) >= 11 is 0. The first-order valence-electron chi connectivity index (χ1n) is 6.63. The standard InChI is InChI=1S/C16H21NO/c1-3-16(18)15-6-4-13(5-7-15)12-14-8-10-17(2)11-9-14/h3-7,14H,1,8-12H2,2H3. The van der Waals surface area contributed by atoms with Gasteiger partial charge in [0, 0.05) is 5.56 Å². The molecule has 0 N–H and O–H groups in total. The zero-order valence-electron chi connectivity index (χ0n) is 11.1. The number of rotatable bonds is 4. The van der Waals surface area contributed by atoms with Gasteiger partial charge in [-0.3, -0.25) is 4.79 Å². The minimum Gasteiger partial charge on any atom is -0.306 e. The van der Waals surface area contributed by atoms with E-state index in [0.717, 1.165) is 17.9 Å². The van der Waals surface area contributed by atoms with Crippen molar-refractivity contribution in [2.24, 2.45) is 5.92 Å². The number of likely N-dealkylation sites (tertiary alicyclic amines) is 1. The van der Waals surface area contributed by atoms with E-state index < -0.39 is 0 Å². The minimum atomic E-state index is 0.000779. The Morgan fingerprint density at radius 3 is 2.50 bits per heavy atom. The summed E-state index contributed by atoms with van der Waals surface area (Å²) in [6, 6.07) is 7.98. The van der Waals surface area contributed by atoms with Gasteiger partial charge in [0.25, 0.3) is 0 Å². The van der Waals surface area contributed by atoms with Crippen LogP contribution in [0.3, 0.4) is 0 Å². The zero-order valence-corrected chi connectivity index (χ0v) is 11.1. The molecule has 1 fully saturated rings. The second-order valence-corrected chi connectivity index (χ2v) is 5.22. The van der Waals surface area contributed by atoms with Crippen LogP contribution in [0.5, 0.6) is 0 Å². The molecule has 2 rings (SSSR count). The SMILES string of the molecule is C=CC(=O)c1ccc(CC2CCN(C)CC2)cc1. The molecule has 2 nitrogen and oxygen atoms in total. The second-order valence-electron chi connectivity index (χ2n) is 5.22. The maximum Gasteiger partial charge on any atom is 0.185 e. The molecule has 0 saturated carbocycles. The Balaban J connectivity index is 1.94. The van der Waals surface area contributed by atoms with Crippen molar-refractivity contribution in [1.29, 1.82) is 0 Å². The summed E-state index contributed by atoms with van der Waals surface area (Å²) in [5.74, 6) is 0.794. The highest BCUT2D eigenvalue weighted by Crippen LogP contribution is 2.21. The molecule has 0 atom stereocenters. The number of carbonyl (C=O) groups is 1. The van der Waals surface area contributed by atoms with Gasteiger partial charge in [0.05, 0.1) is 0 Å². The van der Waals surface area contributed by atoms with Crippen LogP contribution in [-0.4, -0.2) is 30.8 Å². The number of hydrogen-bond acceptors (Lipinski definition) is 2. The van der Waals surface area contributed by atoms with Crippen LogP contribution >= 0.6 is 0 Å². The maximum absolute atomic E-state index is 11.4. The molecule has 1 heterocycles. The Kier molecular flexibility index (Phi) is 4.32. The van der Waals surface area contributed by atoms with E-state index in [1.807, 2.05) is 12.1 Å². The Hall–Kier alpha value is -1.41. The number of carbonyl (C=O) groups excluding carboxylic acids is 1. The van der Waals surface area contributed by atoms with Gasteiger partial charge in [0.1, 0.15) is 0 Å². The third-order valence-corrected chi connectivity index (χ3v) is 3.79.